The number of hydrogen-bond donors (Lipinski definition) is 2. The number of hydrogen-bond acceptors (Lipinski definition) is 9. The Morgan fingerprint density at radius 2 is 2.03 bits per heavy atom. The van der Waals surface area contributed by atoms with Crippen molar-refractivity contribution in [3.8, 4) is 11.5 Å². The summed E-state index contributed by atoms with van der Waals surface area (Å²) < 4.78 is 18.2. The molecule has 2 fully saturated rings. The number of nitrogens with zero attached hydrogens (tertiary/aromatic N) is 3. The van der Waals surface area contributed by atoms with E-state index in [2.05, 4.69) is 27.2 Å². The van der Waals surface area contributed by atoms with Crippen LogP contribution in [0.3, 0.4) is 0 Å². The highest BCUT2D eigenvalue weighted by Gasteiger charge is 2.21. The lowest BCUT2D eigenvalue weighted by atomic mass is 9.98. The van der Waals surface area contributed by atoms with Gasteiger partial charge in [-0.05, 0) is 45.8 Å². The minimum atomic E-state index is 0.103. The van der Waals surface area contributed by atoms with Crippen molar-refractivity contribution in [2.75, 3.05) is 51.2 Å². The number of thioether (sulfide) groups is 1. The maximum absolute atomic E-state index is 7.40. The topological polar surface area (TPSA) is 92.6 Å². The van der Waals surface area contributed by atoms with Crippen molar-refractivity contribution in [3.63, 3.8) is 0 Å². The summed E-state index contributed by atoms with van der Waals surface area (Å²) in [6.07, 6.45) is 7.18. The summed E-state index contributed by atoms with van der Waals surface area (Å²) >= 11 is 1.65. The quantitative estimate of drug-likeness (QED) is 0.394. The van der Waals surface area contributed by atoms with Crippen LogP contribution in [0.15, 0.2) is 18.5 Å². The molecule has 2 saturated heterocycles. The molecule has 0 saturated carbocycles. The third-order valence-electron chi connectivity index (χ3n) is 6.28. The van der Waals surface area contributed by atoms with Crippen molar-refractivity contribution in [1.82, 2.24) is 14.9 Å². The fourth-order valence-corrected chi connectivity index (χ4v) is 4.72. The third kappa shape index (κ3) is 6.71. The molecule has 1 unspecified atom stereocenters. The van der Waals surface area contributed by atoms with E-state index >= 15 is 0 Å². The number of ether oxygens (including phenoxy) is 3. The van der Waals surface area contributed by atoms with Gasteiger partial charge in [-0.3, -0.25) is 0 Å². The zero-order valence-corrected chi connectivity index (χ0v) is 20.4. The van der Waals surface area contributed by atoms with E-state index in [1.165, 1.54) is 6.21 Å². The smallest absolute Gasteiger partial charge is 0.141 e. The maximum Gasteiger partial charge on any atom is 0.141 e. The minimum Gasteiger partial charge on any atom is -0.493 e. The second-order valence-corrected chi connectivity index (χ2v) is 10.3. The van der Waals surface area contributed by atoms with Crippen molar-refractivity contribution in [2.45, 2.75) is 44.0 Å². The van der Waals surface area contributed by atoms with Crippen LogP contribution in [0.2, 0.25) is 0 Å². The first-order chi connectivity index (χ1) is 16.1. The molecule has 0 amide bonds. The Labute approximate surface area is 200 Å². The van der Waals surface area contributed by atoms with Gasteiger partial charge in [0.1, 0.15) is 29.7 Å². The number of benzene rings is 1. The van der Waals surface area contributed by atoms with Gasteiger partial charge in [0.05, 0.1) is 36.6 Å². The van der Waals surface area contributed by atoms with Crippen LogP contribution in [0.5, 0.6) is 11.5 Å². The number of piperidine rings is 1. The second-order valence-electron chi connectivity index (χ2n) is 8.88. The molecule has 3 heterocycles. The molecule has 0 bridgehead atoms. The molecule has 0 spiro atoms. The Bertz CT molecular complexity index is 916. The van der Waals surface area contributed by atoms with Gasteiger partial charge in [0.25, 0.3) is 0 Å². The highest BCUT2D eigenvalue weighted by Crippen LogP contribution is 2.36. The van der Waals surface area contributed by atoms with E-state index in [0.717, 1.165) is 67.0 Å². The molecule has 2 aliphatic rings. The third-order valence-corrected chi connectivity index (χ3v) is 7.25. The van der Waals surface area contributed by atoms with Crippen molar-refractivity contribution in [1.29, 1.82) is 5.41 Å². The zero-order valence-electron chi connectivity index (χ0n) is 19.6. The molecule has 180 valence electrons. The average Bonchev–Trinajstić information content (AvgIpc) is 2.84. The Morgan fingerprint density at radius 3 is 2.79 bits per heavy atom. The molecule has 4 rings (SSSR count). The van der Waals surface area contributed by atoms with Crippen LogP contribution in [0, 0.1) is 11.3 Å². The Balaban J connectivity index is 1.55. The lowest BCUT2D eigenvalue weighted by Crippen LogP contribution is -2.32. The Kier molecular flexibility index (Phi) is 8.63. The van der Waals surface area contributed by atoms with Crippen LogP contribution in [0.25, 0.3) is 10.9 Å². The number of nitrogens with one attached hydrogen (secondary N) is 2. The first kappa shape index (κ1) is 24.0. The molecule has 33 heavy (non-hydrogen) atoms. The largest absolute Gasteiger partial charge is 0.493 e. The second kappa shape index (κ2) is 11.9. The van der Waals surface area contributed by atoms with Crippen LogP contribution in [0.1, 0.15) is 32.6 Å². The monoisotopic (exact) mass is 473 g/mol. The fourth-order valence-electron chi connectivity index (χ4n) is 4.15. The summed E-state index contributed by atoms with van der Waals surface area (Å²) in [5.41, 5.74) is 0.806. The number of likely N-dealkylation sites (tertiary alicyclic amines) is 1. The summed E-state index contributed by atoms with van der Waals surface area (Å²) in [5.74, 6) is 3.51. The van der Waals surface area contributed by atoms with Gasteiger partial charge in [-0.15, -0.1) is 11.8 Å². The van der Waals surface area contributed by atoms with Crippen LogP contribution in [-0.2, 0) is 4.74 Å². The summed E-state index contributed by atoms with van der Waals surface area (Å²) in [6.45, 7) is 6.40. The highest BCUT2D eigenvalue weighted by molar-refractivity contribution is 8.00. The van der Waals surface area contributed by atoms with Gasteiger partial charge in [0.15, 0.2) is 0 Å². The van der Waals surface area contributed by atoms with Crippen LogP contribution in [-0.4, -0.2) is 78.3 Å². The normalized spacial score (nSPS) is 19.3. The van der Waals surface area contributed by atoms with Gasteiger partial charge in [-0.1, -0.05) is 0 Å². The van der Waals surface area contributed by atoms with E-state index in [4.69, 9.17) is 19.6 Å². The fraction of sp³-hybridized carbons (Fsp3) is 0.625. The molecule has 0 radical (unpaired) electrons. The molecule has 9 heteroatoms. The summed E-state index contributed by atoms with van der Waals surface area (Å²) in [6, 6.07) is 3.98. The number of fused-ring (bicyclic) bond motifs is 1. The molecule has 1 aromatic carbocycles. The average molecular weight is 474 g/mol. The van der Waals surface area contributed by atoms with E-state index in [1.54, 1.807) is 18.1 Å². The van der Waals surface area contributed by atoms with Gasteiger partial charge < -0.3 is 29.8 Å². The predicted molar refractivity (Wildman–Crippen MR) is 134 cm³/mol. The van der Waals surface area contributed by atoms with Crippen LogP contribution in [0.4, 0.5) is 5.82 Å². The molecular weight excluding hydrogens is 438 g/mol. The van der Waals surface area contributed by atoms with E-state index in [-0.39, 0.29) is 11.4 Å². The van der Waals surface area contributed by atoms with Gasteiger partial charge >= 0.3 is 0 Å². The number of rotatable bonds is 10. The van der Waals surface area contributed by atoms with E-state index in [9.17, 15) is 0 Å². The molecular formula is C24H35N5O3S. The van der Waals surface area contributed by atoms with Crippen molar-refractivity contribution >= 4 is 34.7 Å². The highest BCUT2D eigenvalue weighted by atomic mass is 32.2. The zero-order chi connectivity index (χ0) is 23.0. The minimum absolute atomic E-state index is 0.103. The molecule has 2 N–H and O–H groups in total. The van der Waals surface area contributed by atoms with Crippen LogP contribution >= 0.6 is 11.8 Å². The molecule has 1 atom stereocenters. The van der Waals surface area contributed by atoms with Gasteiger partial charge in [0, 0.05) is 36.4 Å². The first-order valence-electron chi connectivity index (χ1n) is 11.8. The van der Waals surface area contributed by atoms with Gasteiger partial charge in [-0.25, -0.2) is 9.97 Å². The van der Waals surface area contributed by atoms with Crippen molar-refractivity contribution in [2.24, 2.45) is 5.92 Å². The lowest BCUT2D eigenvalue weighted by Gasteiger charge is -2.29. The summed E-state index contributed by atoms with van der Waals surface area (Å²) in [7, 11) is 2.18. The molecule has 2 aromatic rings. The molecule has 8 nitrogen and oxygen atoms in total. The Hall–Kier alpha value is -2.10. The van der Waals surface area contributed by atoms with E-state index in [0.29, 0.717) is 31.6 Å². The van der Waals surface area contributed by atoms with Crippen LogP contribution < -0.4 is 14.8 Å². The standard InChI is InChI=1S/C24H35N5O3S/c1-17(13-25)33-16-28-24-23-21(26-15-27-24)11-20(31-14-18-3-7-29(2)8-4-18)12-22(23)32-19-5-9-30-10-6-19/h11-13,15,17-19,25H,3-10,14,16H2,1-2H3,(H,26,27,28). The van der Waals surface area contributed by atoms with Gasteiger partial charge in [0.2, 0.25) is 0 Å². The molecule has 1 aromatic heterocycles. The van der Waals surface area contributed by atoms with Crippen molar-refractivity contribution < 1.29 is 14.2 Å². The summed E-state index contributed by atoms with van der Waals surface area (Å²) in [4.78, 5) is 11.4. The molecule has 2 aliphatic heterocycles. The van der Waals surface area contributed by atoms with Gasteiger partial charge in [-0.2, -0.15) is 0 Å². The SMILES string of the molecule is CC(C=N)SCNc1ncnc2cc(OCC3CCN(C)CC3)cc(OC3CCOCC3)c12. The Morgan fingerprint density at radius 1 is 1.24 bits per heavy atom. The first-order valence-corrected chi connectivity index (χ1v) is 12.9. The van der Waals surface area contributed by atoms with E-state index < -0.39 is 0 Å². The van der Waals surface area contributed by atoms with Crippen molar-refractivity contribution in [3.05, 3.63) is 18.5 Å². The number of aromatic nitrogens is 2. The number of anilines is 1. The maximum atomic E-state index is 7.40. The summed E-state index contributed by atoms with van der Waals surface area (Å²) in [5, 5.41) is 11.8. The molecule has 0 aliphatic carbocycles. The lowest BCUT2D eigenvalue weighted by molar-refractivity contribution is 0.0261. The predicted octanol–water partition coefficient (Wildman–Crippen LogP) is 4.05. The van der Waals surface area contributed by atoms with E-state index in [1.807, 2.05) is 19.1 Å².